The monoisotopic (exact) mass is 355 g/mol. The van der Waals surface area contributed by atoms with Gasteiger partial charge in [0.1, 0.15) is 18.1 Å². The van der Waals surface area contributed by atoms with Crippen LogP contribution in [0.3, 0.4) is 0 Å². The molecule has 2 aromatic carbocycles. The second kappa shape index (κ2) is 8.75. The van der Waals surface area contributed by atoms with Crippen LogP contribution in [0.2, 0.25) is 0 Å². The fourth-order valence-corrected chi connectivity index (χ4v) is 2.87. The summed E-state index contributed by atoms with van der Waals surface area (Å²) in [4.78, 5) is 12.6. The first-order valence-electron chi connectivity index (χ1n) is 9.00. The highest BCUT2D eigenvalue weighted by atomic mass is 16.5. The number of ether oxygens (including phenoxy) is 2. The van der Waals surface area contributed by atoms with Gasteiger partial charge in [0.15, 0.2) is 0 Å². The minimum atomic E-state index is -0.0865. The molecule has 0 unspecified atom stereocenters. The minimum absolute atomic E-state index is 0.0865. The van der Waals surface area contributed by atoms with Crippen molar-refractivity contribution in [2.24, 2.45) is 0 Å². The van der Waals surface area contributed by atoms with Crippen molar-refractivity contribution in [3.8, 4) is 11.5 Å². The standard InChI is InChI=1S/C22H29NO3/c1-14(2)18-13-19(16(4)12-21(18)25-6)22(24)23-10-11-26-20-9-7-8-15(3)17(20)5/h7-9,12-14H,10-11H2,1-6H3,(H,23,24). The van der Waals surface area contributed by atoms with Gasteiger partial charge in [0.2, 0.25) is 0 Å². The maximum absolute atomic E-state index is 12.6. The fraction of sp³-hybridized carbons (Fsp3) is 0.409. The van der Waals surface area contributed by atoms with E-state index in [1.807, 2.05) is 38.1 Å². The van der Waals surface area contributed by atoms with Gasteiger partial charge in [-0.05, 0) is 67.1 Å². The van der Waals surface area contributed by atoms with E-state index in [1.165, 1.54) is 5.56 Å². The van der Waals surface area contributed by atoms with Crippen LogP contribution < -0.4 is 14.8 Å². The van der Waals surface area contributed by atoms with Gasteiger partial charge in [-0.3, -0.25) is 4.79 Å². The Morgan fingerprint density at radius 1 is 1.08 bits per heavy atom. The van der Waals surface area contributed by atoms with Crippen LogP contribution in [0.15, 0.2) is 30.3 Å². The summed E-state index contributed by atoms with van der Waals surface area (Å²) in [6.07, 6.45) is 0. The molecular weight excluding hydrogens is 326 g/mol. The minimum Gasteiger partial charge on any atom is -0.496 e. The molecule has 0 spiro atoms. The van der Waals surface area contributed by atoms with Crippen molar-refractivity contribution in [1.82, 2.24) is 5.32 Å². The normalized spacial score (nSPS) is 10.7. The van der Waals surface area contributed by atoms with Crippen molar-refractivity contribution in [3.63, 3.8) is 0 Å². The van der Waals surface area contributed by atoms with Crippen molar-refractivity contribution < 1.29 is 14.3 Å². The maximum Gasteiger partial charge on any atom is 0.251 e. The number of methoxy groups -OCH3 is 1. The lowest BCUT2D eigenvalue weighted by molar-refractivity contribution is 0.0946. The topological polar surface area (TPSA) is 47.6 Å². The second-order valence-electron chi connectivity index (χ2n) is 6.87. The number of rotatable bonds is 7. The van der Waals surface area contributed by atoms with Gasteiger partial charge in [-0.15, -0.1) is 0 Å². The van der Waals surface area contributed by atoms with Crippen LogP contribution in [0.5, 0.6) is 11.5 Å². The smallest absolute Gasteiger partial charge is 0.251 e. The molecule has 0 aliphatic rings. The average molecular weight is 355 g/mol. The number of benzene rings is 2. The Bertz CT molecular complexity index is 781. The zero-order chi connectivity index (χ0) is 19.3. The van der Waals surface area contributed by atoms with Gasteiger partial charge >= 0.3 is 0 Å². The van der Waals surface area contributed by atoms with E-state index >= 15 is 0 Å². The summed E-state index contributed by atoms with van der Waals surface area (Å²) in [6, 6.07) is 9.84. The summed E-state index contributed by atoms with van der Waals surface area (Å²) in [5.41, 5.74) is 4.95. The number of carbonyl (C=O) groups excluding carboxylic acids is 1. The van der Waals surface area contributed by atoms with Crippen molar-refractivity contribution in [2.75, 3.05) is 20.3 Å². The van der Waals surface area contributed by atoms with E-state index in [2.05, 4.69) is 32.2 Å². The second-order valence-corrected chi connectivity index (χ2v) is 6.87. The van der Waals surface area contributed by atoms with Gasteiger partial charge in [-0.1, -0.05) is 26.0 Å². The van der Waals surface area contributed by atoms with Gasteiger partial charge in [-0.25, -0.2) is 0 Å². The van der Waals surface area contributed by atoms with E-state index in [0.29, 0.717) is 18.7 Å². The van der Waals surface area contributed by atoms with Crippen LogP contribution in [-0.2, 0) is 0 Å². The van der Waals surface area contributed by atoms with Gasteiger partial charge in [0.05, 0.1) is 13.7 Å². The van der Waals surface area contributed by atoms with Gasteiger partial charge < -0.3 is 14.8 Å². The number of nitrogens with one attached hydrogen (secondary N) is 1. The molecule has 140 valence electrons. The highest BCUT2D eigenvalue weighted by Gasteiger charge is 2.15. The number of hydrogen-bond donors (Lipinski definition) is 1. The summed E-state index contributed by atoms with van der Waals surface area (Å²) in [6.45, 7) is 11.1. The molecule has 1 amide bonds. The lowest BCUT2D eigenvalue weighted by Gasteiger charge is -2.16. The summed E-state index contributed by atoms with van der Waals surface area (Å²) in [5, 5.41) is 2.94. The number of carbonyl (C=O) groups is 1. The van der Waals surface area contributed by atoms with Crippen molar-refractivity contribution in [1.29, 1.82) is 0 Å². The molecule has 4 nitrogen and oxygen atoms in total. The SMILES string of the molecule is COc1cc(C)c(C(=O)NCCOc2cccc(C)c2C)cc1C(C)C. The zero-order valence-corrected chi connectivity index (χ0v) is 16.6. The van der Waals surface area contributed by atoms with Crippen LogP contribution in [-0.4, -0.2) is 26.2 Å². The molecule has 4 heteroatoms. The fourth-order valence-electron chi connectivity index (χ4n) is 2.87. The Hall–Kier alpha value is -2.49. The lowest BCUT2D eigenvalue weighted by Crippen LogP contribution is -2.29. The summed E-state index contributed by atoms with van der Waals surface area (Å²) in [5.74, 6) is 1.88. The molecule has 0 heterocycles. The van der Waals surface area contributed by atoms with Crippen LogP contribution in [0.1, 0.15) is 52.4 Å². The number of amides is 1. The third-order valence-electron chi connectivity index (χ3n) is 4.64. The summed E-state index contributed by atoms with van der Waals surface area (Å²) in [7, 11) is 1.66. The Labute approximate surface area is 156 Å². The van der Waals surface area contributed by atoms with E-state index < -0.39 is 0 Å². The summed E-state index contributed by atoms with van der Waals surface area (Å²) >= 11 is 0. The molecule has 0 aromatic heterocycles. The molecule has 0 aliphatic heterocycles. The molecular formula is C22H29NO3. The largest absolute Gasteiger partial charge is 0.496 e. The third kappa shape index (κ3) is 4.57. The van der Waals surface area contributed by atoms with Crippen molar-refractivity contribution in [2.45, 2.75) is 40.5 Å². The highest BCUT2D eigenvalue weighted by Crippen LogP contribution is 2.29. The Morgan fingerprint density at radius 3 is 2.46 bits per heavy atom. The average Bonchev–Trinajstić information content (AvgIpc) is 2.61. The third-order valence-corrected chi connectivity index (χ3v) is 4.64. The van der Waals surface area contributed by atoms with Crippen molar-refractivity contribution >= 4 is 5.91 Å². The maximum atomic E-state index is 12.6. The first-order chi connectivity index (χ1) is 12.3. The predicted molar refractivity (Wildman–Crippen MR) is 106 cm³/mol. The van der Waals surface area contributed by atoms with Crippen LogP contribution in [0, 0.1) is 20.8 Å². The van der Waals surface area contributed by atoms with Gasteiger partial charge in [-0.2, -0.15) is 0 Å². The molecule has 2 aromatic rings. The first-order valence-corrected chi connectivity index (χ1v) is 9.00. The molecule has 0 bridgehead atoms. The van der Waals surface area contributed by atoms with Crippen LogP contribution in [0.25, 0.3) is 0 Å². The Balaban J connectivity index is 1.99. The molecule has 0 fully saturated rings. The first kappa shape index (κ1) is 19.8. The predicted octanol–water partition coefficient (Wildman–Crippen LogP) is 4.55. The Morgan fingerprint density at radius 2 is 1.81 bits per heavy atom. The molecule has 2 rings (SSSR count). The summed E-state index contributed by atoms with van der Waals surface area (Å²) < 4.78 is 11.2. The molecule has 0 aliphatic carbocycles. The molecule has 0 radical (unpaired) electrons. The molecule has 0 saturated heterocycles. The Kier molecular flexibility index (Phi) is 6.67. The molecule has 0 saturated carbocycles. The quantitative estimate of drug-likeness (QED) is 0.741. The molecule has 26 heavy (non-hydrogen) atoms. The zero-order valence-electron chi connectivity index (χ0n) is 16.6. The van der Waals surface area contributed by atoms with Crippen LogP contribution >= 0.6 is 0 Å². The van der Waals surface area contributed by atoms with Crippen molar-refractivity contribution in [3.05, 3.63) is 58.1 Å². The molecule has 0 atom stereocenters. The van der Waals surface area contributed by atoms with E-state index in [1.54, 1.807) is 7.11 Å². The van der Waals surface area contributed by atoms with E-state index in [0.717, 1.165) is 28.2 Å². The highest BCUT2D eigenvalue weighted by molar-refractivity contribution is 5.96. The van der Waals surface area contributed by atoms with Gasteiger partial charge in [0.25, 0.3) is 5.91 Å². The van der Waals surface area contributed by atoms with Gasteiger partial charge in [0, 0.05) is 5.56 Å². The van der Waals surface area contributed by atoms with E-state index in [4.69, 9.17) is 9.47 Å². The molecule has 1 N–H and O–H groups in total. The van der Waals surface area contributed by atoms with Crippen LogP contribution in [0.4, 0.5) is 0 Å². The number of aryl methyl sites for hydroxylation is 2. The van der Waals surface area contributed by atoms with E-state index in [-0.39, 0.29) is 11.8 Å². The number of hydrogen-bond acceptors (Lipinski definition) is 3. The van der Waals surface area contributed by atoms with E-state index in [9.17, 15) is 4.79 Å². The lowest BCUT2D eigenvalue weighted by atomic mass is 9.96.